The minimum atomic E-state index is -1.96. The van der Waals surface area contributed by atoms with Crippen molar-refractivity contribution in [3.63, 3.8) is 0 Å². The molecule has 0 spiro atoms. The van der Waals surface area contributed by atoms with Gasteiger partial charge in [0.15, 0.2) is 11.0 Å². The van der Waals surface area contributed by atoms with Gasteiger partial charge in [0.1, 0.15) is 83.3 Å². The molecule has 3 heterocycles. The van der Waals surface area contributed by atoms with Crippen molar-refractivity contribution in [2.75, 3.05) is 13.2 Å². The molecule has 216 valence electrons. The van der Waals surface area contributed by atoms with E-state index < -0.39 is 107 Å². The Morgan fingerprint density at radius 1 is 0.775 bits per heavy atom. The van der Waals surface area contributed by atoms with E-state index in [0.29, 0.717) is 5.56 Å². The molecule has 2 aliphatic heterocycles. The Morgan fingerprint density at radius 2 is 1.43 bits per heavy atom. The summed E-state index contributed by atoms with van der Waals surface area (Å²) in [5.74, 6) is -2.00. The van der Waals surface area contributed by atoms with Crippen LogP contribution in [0, 0.1) is 0 Å². The fraction of sp³-hybridized carbons (Fsp3) is 0.423. The van der Waals surface area contributed by atoms with E-state index in [-0.39, 0.29) is 11.5 Å². The predicted octanol–water partition coefficient (Wildman–Crippen LogP) is -1.75. The van der Waals surface area contributed by atoms with Crippen molar-refractivity contribution in [1.29, 1.82) is 0 Å². The Hall–Kier alpha value is -3.31. The third-order valence-electron chi connectivity index (χ3n) is 7.31. The fourth-order valence-corrected chi connectivity index (χ4v) is 5.11. The molecule has 1 aromatic heterocycles. The molecule has 10 N–H and O–H groups in total. The maximum atomic E-state index is 13.4. The summed E-state index contributed by atoms with van der Waals surface area (Å²) in [4.78, 5) is 13.4. The summed E-state index contributed by atoms with van der Waals surface area (Å²) in [5, 5.41) is 104. The summed E-state index contributed by atoms with van der Waals surface area (Å²) in [5.41, 5.74) is -2.19. The molecule has 0 aliphatic carbocycles. The highest BCUT2D eigenvalue weighted by atomic mass is 16.5. The Morgan fingerprint density at radius 3 is 2.08 bits per heavy atom. The molecule has 0 saturated carbocycles. The zero-order valence-corrected chi connectivity index (χ0v) is 20.6. The lowest BCUT2D eigenvalue weighted by molar-refractivity contribution is -0.231. The maximum Gasteiger partial charge on any atom is 0.197 e. The number of phenolic OH excluding ortho intramolecular Hbond substituents is 3. The molecule has 40 heavy (non-hydrogen) atoms. The third-order valence-corrected chi connectivity index (χ3v) is 7.31. The van der Waals surface area contributed by atoms with Gasteiger partial charge in [0, 0.05) is 11.6 Å². The van der Waals surface area contributed by atoms with Crippen molar-refractivity contribution in [3.8, 4) is 28.6 Å². The van der Waals surface area contributed by atoms with Crippen molar-refractivity contribution in [2.24, 2.45) is 0 Å². The summed E-state index contributed by atoms with van der Waals surface area (Å²) >= 11 is 0. The summed E-state index contributed by atoms with van der Waals surface area (Å²) in [6, 6.07) is 6.47. The van der Waals surface area contributed by atoms with Gasteiger partial charge in [-0.15, -0.1) is 0 Å². The van der Waals surface area contributed by atoms with E-state index in [2.05, 4.69) is 0 Å². The van der Waals surface area contributed by atoms with Gasteiger partial charge >= 0.3 is 0 Å². The number of aliphatic hydroxyl groups excluding tert-OH is 7. The fourth-order valence-electron chi connectivity index (χ4n) is 5.11. The average molecular weight is 564 g/mol. The molecule has 2 aromatic carbocycles. The van der Waals surface area contributed by atoms with Crippen LogP contribution < -0.4 is 5.43 Å². The van der Waals surface area contributed by atoms with E-state index >= 15 is 0 Å². The van der Waals surface area contributed by atoms with Gasteiger partial charge in [0.25, 0.3) is 0 Å². The number of benzene rings is 2. The lowest BCUT2D eigenvalue weighted by Crippen LogP contribution is -2.55. The number of fused-ring (bicyclic) bond motifs is 1. The van der Waals surface area contributed by atoms with Gasteiger partial charge in [-0.2, -0.15) is 0 Å². The van der Waals surface area contributed by atoms with Crippen LogP contribution in [-0.2, 0) is 9.47 Å². The Kier molecular flexibility index (Phi) is 7.47. The molecule has 5 rings (SSSR count). The molecule has 0 amide bonds. The number of ether oxygens (including phenoxy) is 2. The first kappa shape index (κ1) is 28.2. The smallest absolute Gasteiger partial charge is 0.197 e. The maximum absolute atomic E-state index is 13.4. The van der Waals surface area contributed by atoms with Crippen LogP contribution in [0.25, 0.3) is 22.3 Å². The summed E-state index contributed by atoms with van der Waals surface area (Å²) in [6.45, 7) is -1.34. The van der Waals surface area contributed by atoms with Crippen LogP contribution in [0.5, 0.6) is 17.2 Å². The largest absolute Gasteiger partial charge is 0.508 e. The van der Waals surface area contributed by atoms with E-state index in [1.807, 2.05) is 0 Å². The number of aliphatic hydroxyl groups is 7. The monoisotopic (exact) mass is 564 g/mol. The van der Waals surface area contributed by atoms with Crippen LogP contribution in [0.15, 0.2) is 39.5 Å². The second kappa shape index (κ2) is 10.6. The first-order valence-corrected chi connectivity index (χ1v) is 12.3. The van der Waals surface area contributed by atoms with Crippen LogP contribution in [0.1, 0.15) is 23.3 Å². The highest BCUT2D eigenvalue weighted by Crippen LogP contribution is 2.50. The molecule has 14 nitrogen and oxygen atoms in total. The molecular weight excluding hydrogens is 536 g/mol. The Balaban J connectivity index is 1.81. The summed E-state index contributed by atoms with van der Waals surface area (Å²) < 4.78 is 16.9. The number of hydrogen-bond acceptors (Lipinski definition) is 14. The molecule has 3 aromatic rings. The minimum Gasteiger partial charge on any atom is -0.508 e. The highest BCUT2D eigenvalue weighted by molar-refractivity contribution is 5.92. The van der Waals surface area contributed by atoms with Crippen LogP contribution in [-0.4, -0.2) is 107 Å². The molecule has 0 radical (unpaired) electrons. The molecular formula is C26H28O14. The van der Waals surface area contributed by atoms with Gasteiger partial charge in [0.2, 0.25) is 0 Å². The number of phenols is 3. The van der Waals surface area contributed by atoms with E-state index in [4.69, 9.17) is 13.9 Å². The first-order chi connectivity index (χ1) is 19.0. The van der Waals surface area contributed by atoms with Gasteiger partial charge in [-0.1, -0.05) is 0 Å². The molecule has 0 bridgehead atoms. The summed E-state index contributed by atoms with van der Waals surface area (Å²) in [7, 11) is 0. The highest BCUT2D eigenvalue weighted by Gasteiger charge is 2.48. The normalized spacial score (nSPS) is 32.8. The molecule has 2 fully saturated rings. The van der Waals surface area contributed by atoms with Crippen LogP contribution in [0.3, 0.4) is 0 Å². The van der Waals surface area contributed by atoms with Crippen LogP contribution in [0.2, 0.25) is 0 Å². The second-order valence-corrected chi connectivity index (χ2v) is 9.80. The SMILES string of the molecule is O=c1cc(-c2ccc(O)cc2)oc2c([C@H]3O[C@@H](CO)[C@@H](O)[C@@H](O)[C@H]3O)c(O)c([C@H]3OC[C@@H](O)[C@@H](O)[C@H]3O)c(O)c12. The second-order valence-electron chi connectivity index (χ2n) is 9.80. The van der Waals surface area contributed by atoms with Gasteiger partial charge in [-0.25, -0.2) is 0 Å². The summed E-state index contributed by atoms with van der Waals surface area (Å²) in [6.07, 6.45) is -15.7. The lowest BCUT2D eigenvalue weighted by atomic mass is 9.85. The molecule has 2 saturated heterocycles. The molecule has 0 unspecified atom stereocenters. The van der Waals surface area contributed by atoms with E-state index in [1.165, 1.54) is 24.3 Å². The van der Waals surface area contributed by atoms with Crippen molar-refractivity contribution >= 4 is 11.0 Å². The van der Waals surface area contributed by atoms with Gasteiger partial charge in [-0.05, 0) is 24.3 Å². The Labute approximate surface area is 224 Å². The molecule has 2 aliphatic rings. The minimum absolute atomic E-state index is 0.0767. The van der Waals surface area contributed by atoms with E-state index in [0.717, 1.165) is 6.07 Å². The quantitative estimate of drug-likeness (QED) is 0.169. The van der Waals surface area contributed by atoms with Crippen molar-refractivity contribution in [2.45, 2.75) is 54.9 Å². The van der Waals surface area contributed by atoms with Gasteiger partial charge < -0.3 is 65.0 Å². The molecule has 9 atom stereocenters. The van der Waals surface area contributed by atoms with Gasteiger partial charge in [0.05, 0.1) is 24.3 Å². The standard InChI is InChI=1S/C26H28O14/c27-6-13-18(32)21(35)23(37)26(40-13)16-20(34)15(25-22(36)17(31)11(30)7-38-25)19(33)14-10(29)5-12(39-24(14)16)8-1-3-9(28)4-2-8/h1-5,11,13,17-18,21-23,25-28,30-37H,6-7H2/t11-,13+,17-,18-,21-,22-,23-,25-,26-/m1/s1. The van der Waals surface area contributed by atoms with Crippen molar-refractivity contribution < 1.29 is 65.0 Å². The first-order valence-electron chi connectivity index (χ1n) is 12.3. The van der Waals surface area contributed by atoms with E-state index in [9.17, 15) is 55.9 Å². The number of hydrogen-bond donors (Lipinski definition) is 10. The molecule has 14 heteroatoms. The van der Waals surface area contributed by atoms with Crippen molar-refractivity contribution in [1.82, 2.24) is 0 Å². The zero-order chi connectivity index (χ0) is 29.0. The van der Waals surface area contributed by atoms with Gasteiger partial charge in [-0.3, -0.25) is 4.79 Å². The lowest BCUT2D eigenvalue weighted by Gasteiger charge is -2.41. The van der Waals surface area contributed by atoms with Crippen molar-refractivity contribution in [3.05, 3.63) is 51.7 Å². The predicted molar refractivity (Wildman–Crippen MR) is 132 cm³/mol. The third kappa shape index (κ3) is 4.49. The zero-order valence-electron chi connectivity index (χ0n) is 20.6. The van der Waals surface area contributed by atoms with Crippen LogP contribution in [0.4, 0.5) is 0 Å². The average Bonchev–Trinajstić information content (AvgIpc) is 2.92. The van der Waals surface area contributed by atoms with Crippen LogP contribution >= 0.6 is 0 Å². The Bertz CT molecular complexity index is 1450. The number of rotatable bonds is 4. The van der Waals surface area contributed by atoms with E-state index in [1.54, 1.807) is 0 Å². The topological polar surface area (TPSA) is 251 Å². The number of aromatic hydroxyl groups is 3.